The fourth-order valence-corrected chi connectivity index (χ4v) is 4.01. The van der Waals surface area contributed by atoms with Gasteiger partial charge < -0.3 is 10.1 Å². The van der Waals surface area contributed by atoms with Crippen LogP contribution in [0.3, 0.4) is 0 Å². The quantitative estimate of drug-likeness (QED) is 0.530. The van der Waals surface area contributed by atoms with Crippen molar-refractivity contribution in [2.45, 2.75) is 57.5 Å². The minimum Gasteiger partial charge on any atom is -0.490 e. The van der Waals surface area contributed by atoms with Crippen molar-refractivity contribution in [1.82, 2.24) is 0 Å². The predicted molar refractivity (Wildman–Crippen MR) is 113 cm³/mol. The predicted octanol–water partition coefficient (Wildman–Crippen LogP) is 5.09. The second kappa shape index (κ2) is 8.95. The van der Waals surface area contributed by atoms with Gasteiger partial charge in [0.05, 0.1) is 22.0 Å². The molecule has 1 amide bonds. The maximum atomic E-state index is 13.4. The number of ether oxygens (including phenoxy) is 1. The van der Waals surface area contributed by atoms with Crippen molar-refractivity contribution in [2.75, 3.05) is 5.32 Å². The van der Waals surface area contributed by atoms with Crippen molar-refractivity contribution in [3.8, 4) is 11.8 Å². The number of anilines is 1. The second-order valence-electron chi connectivity index (χ2n) is 7.89. The van der Waals surface area contributed by atoms with E-state index in [4.69, 9.17) is 4.74 Å². The molecule has 0 spiro atoms. The molecular formula is C23H25N3O4. The van der Waals surface area contributed by atoms with Crippen molar-refractivity contribution >= 4 is 17.3 Å². The number of benzene rings is 2. The molecule has 0 radical (unpaired) electrons. The van der Waals surface area contributed by atoms with Crippen molar-refractivity contribution in [1.29, 1.82) is 5.26 Å². The zero-order valence-corrected chi connectivity index (χ0v) is 17.2. The van der Waals surface area contributed by atoms with E-state index >= 15 is 0 Å². The van der Waals surface area contributed by atoms with Gasteiger partial charge in [-0.25, -0.2) is 0 Å². The molecule has 1 fully saturated rings. The number of hydrogen-bond donors (Lipinski definition) is 1. The molecule has 0 heterocycles. The molecule has 1 aliphatic carbocycles. The highest BCUT2D eigenvalue weighted by Gasteiger charge is 2.41. The molecule has 30 heavy (non-hydrogen) atoms. The van der Waals surface area contributed by atoms with E-state index in [-0.39, 0.29) is 17.7 Å². The lowest BCUT2D eigenvalue weighted by Gasteiger charge is -2.36. The van der Waals surface area contributed by atoms with Gasteiger partial charge in [-0.2, -0.15) is 5.26 Å². The number of nitriles is 1. The van der Waals surface area contributed by atoms with Crippen LogP contribution in [-0.4, -0.2) is 16.9 Å². The van der Waals surface area contributed by atoms with E-state index < -0.39 is 10.3 Å². The smallest absolute Gasteiger partial charge is 0.269 e. The Morgan fingerprint density at radius 3 is 2.40 bits per heavy atom. The van der Waals surface area contributed by atoms with Crippen LogP contribution in [0.1, 0.15) is 57.1 Å². The number of carbonyl (C=O) groups excluding carboxylic acids is 1. The highest BCUT2D eigenvalue weighted by atomic mass is 16.6. The summed E-state index contributed by atoms with van der Waals surface area (Å²) in [6.07, 6.45) is 4.17. The first kappa shape index (κ1) is 21.3. The van der Waals surface area contributed by atoms with Gasteiger partial charge in [-0.3, -0.25) is 14.9 Å². The summed E-state index contributed by atoms with van der Waals surface area (Å²) < 4.78 is 5.64. The van der Waals surface area contributed by atoms with Gasteiger partial charge in [0, 0.05) is 17.8 Å². The molecule has 7 nitrogen and oxygen atoms in total. The van der Waals surface area contributed by atoms with Crippen molar-refractivity contribution in [3.63, 3.8) is 0 Å². The van der Waals surface area contributed by atoms with E-state index in [2.05, 4.69) is 11.4 Å². The molecular weight excluding hydrogens is 382 g/mol. The number of rotatable bonds is 6. The van der Waals surface area contributed by atoms with Gasteiger partial charge in [0.25, 0.3) is 5.69 Å². The molecule has 0 aliphatic heterocycles. The molecule has 1 N–H and O–H groups in total. The number of non-ortho nitro benzene ring substituents is 1. The zero-order chi connectivity index (χ0) is 21.7. The summed E-state index contributed by atoms with van der Waals surface area (Å²) in [4.78, 5) is 24.0. The number of nitro benzene ring substituents is 1. The van der Waals surface area contributed by atoms with E-state index in [1.807, 2.05) is 13.8 Å². The summed E-state index contributed by atoms with van der Waals surface area (Å²) in [5, 5.41) is 23.4. The van der Waals surface area contributed by atoms with Gasteiger partial charge in [-0.1, -0.05) is 31.4 Å². The minimum absolute atomic E-state index is 0.00419. The molecule has 2 aromatic carbocycles. The largest absolute Gasteiger partial charge is 0.490 e. The van der Waals surface area contributed by atoms with Gasteiger partial charge in [0.1, 0.15) is 11.8 Å². The molecule has 0 bridgehead atoms. The lowest BCUT2D eigenvalue weighted by atomic mass is 9.68. The number of nitrogens with zero attached hydrogens (tertiary/aromatic N) is 2. The first-order valence-electron chi connectivity index (χ1n) is 10.1. The van der Waals surface area contributed by atoms with Crippen molar-refractivity contribution in [2.24, 2.45) is 0 Å². The van der Waals surface area contributed by atoms with Crippen LogP contribution in [0.4, 0.5) is 11.4 Å². The molecule has 1 saturated carbocycles. The molecule has 7 heteroatoms. The second-order valence-corrected chi connectivity index (χ2v) is 7.89. The number of carbonyl (C=O) groups is 1. The Labute approximate surface area is 175 Å². The van der Waals surface area contributed by atoms with Gasteiger partial charge in [0.15, 0.2) is 0 Å². The van der Waals surface area contributed by atoms with Crippen LogP contribution in [0, 0.1) is 21.4 Å². The highest BCUT2D eigenvalue weighted by molar-refractivity contribution is 5.99. The molecule has 156 valence electrons. The molecule has 0 atom stereocenters. The van der Waals surface area contributed by atoms with Crippen LogP contribution in [0.5, 0.6) is 5.75 Å². The van der Waals surface area contributed by atoms with Crippen LogP contribution in [0.15, 0.2) is 42.5 Å². The lowest BCUT2D eigenvalue weighted by Crippen LogP contribution is -2.42. The van der Waals surface area contributed by atoms with E-state index in [1.54, 1.807) is 30.3 Å². The lowest BCUT2D eigenvalue weighted by molar-refractivity contribution is -0.384. The topological polar surface area (TPSA) is 105 Å². The molecule has 2 aromatic rings. The van der Waals surface area contributed by atoms with Crippen molar-refractivity contribution < 1.29 is 14.5 Å². The molecule has 0 aromatic heterocycles. The number of nitro groups is 1. The number of nitrogens with one attached hydrogen (secondary N) is 1. The Hall–Kier alpha value is -3.40. The first-order valence-corrected chi connectivity index (χ1v) is 10.1. The van der Waals surface area contributed by atoms with Crippen LogP contribution < -0.4 is 10.1 Å². The Morgan fingerprint density at radius 2 is 1.83 bits per heavy atom. The standard InChI is InChI=1S/C23H25N3O4/c1-16(2)30-21-11-8-19(14-17(21)15-24)25-22(27)23(12-4-3-5-13-23)18-6-9-20(10-7-18)26(28)29/h6-11,14,16H,3-5,12-13H2,1-2H3,(H,25,27). The van der Waals surface area contributed by atoms with Crippen LogP contribution in [0.2, 0.25) is 0 Å². The summed E-state index contributed by atoms with van der Waals surface area (Å²) in [6.45, 7) is 3.77. The van der Waals surface area contributed by atoms with Gasteiger partial charge in [-0.05, 0) is 50.5 Å². The first-order chi connectivity index (χ1) is 14.4. The summed E-state index contributed by atoms with van der Waals surface area (Å²) in [5.41, 5.74) is 0.928. The summed E-state index contributed by atoms with van der Waals surface area (Å²) in [7, 11) is 0. The third-order valence-electron chi connectivity index (χ3n) is 5.49. The summed E-state index contributed by atoms with van der Waals surface area (Å²) in [6, 6.07) is 13.4. The Bertz CT molecular complexity index is 971. The number of hydrogen-bond acceptors (Lipinski definition) is 5. The van der Waals surface area contributed by atoms with E-state index in [1.165, 1.54) is 12.1 Å². The Kier molecular flexibility index (Phi) is 6.36. The monoisotopic (exact) mass is 407 g/mol. The minimum atomic E-state index is -0.743. The molecule has 1 aliphatic rings. The average Bonchev–Trinajstić information content (AvgIpc) is 2.75. The normalized spacial score (nSPS) is 15.3. The Balaban J connectivity index is 1.89. The summed E-state index contributed by atoms with van der Waals surface area (Å²) >= 11 is 0. The van der Waals surface area contributed by atoms with Crippen LogP contribution >= 0.6 is 0 Å². The molecule has 3 rings (SSSR count). The number of amides is 1. The summed E-state index contributed by atoms with van der Waals surface area (Å²) in [5.74, 6) is 0.325. The fraction of sp³-hybridized carbons (Fsp3) is 0.391. The maximum Gasteiger partial charge on any atom is 0.269 e. The van der Waals surface area contributed by atoms with Crippen LogP contribution in [0.25, 0.3) is 0 Å². The zero-order valence-electron chi connectivity index (χ0n) is 17.2. The van der Waals surface area contributed by atoms with Crippen LogP contribution in [-0.2, 0) is 10.2 Å². The third kappa shape index (κ3) is 4.43. The molecule has 0 saturated heterocycles. The maximum absolute atomic E-state index is 13.4. The van der Waals surface area contributed by atoms with Crippen molar-refractivity contribution in [3.05, 3.63) is 63.7 Å². The Morgan fingerprint density at radius 1 is 1.17 bits per heavy atom. The fourth-order valence-electron chi connectivity index (χ4n) is 4.01. The van der Waals surface area contributed by atoms with E-state index in [0.717, 1.165) is 24.8 Å². The van der Waals surface area contributed by atoms with Gasteiger partial charge in [-0.15, -0.1) is 0 Å². The van der Waals surface area contributed by atoms with Gasteiger partial charge in [0.2, 0.25) is 5.91 Å². The van der Waals surface area contributed by atoms with E-state index in [0.29, 0.717) is 29.8 Å². The average molecular weight is 407 g/mol. The highest BCUT2D eigenvalue weighted by Crippen LogP contribution is 2.41. The SMILES string of the molecule is CC(C)Oc1ccc(NC(=O)C2(c3ccc([N+](=O)[O-])cc3)CCCCC2)cc1C#N. The third-order valence-corrected chi connectivity index (χ3v) is 5.49. The van der Waals surface area contributed by atoms with E-state index in [9.17, 15) is 20.2 Å². The molecule has 0 unspecified atom stereocenters. The van der Waals surface area contributed by atoms with Gasteiger partial charge >= 0.3 is 0 Å².